The van der Waals surface area contributed by atoms with E-state index in [9.17, 15) is 0 Å². The van der Waals surface area contributed by atoms with Crippen LogP contribution in [0.5, 0.6) is 0 Å². The first-order valence-electron chi connectivity index (χ1n) is 7.93. The highest BCUT2D eigenvalue weighted by atomic mass is 16.5. The number of rotatable bonds is 8. The lowest BCUT2D eigenvalue weighted by atomic mass is 9.86. The molecule has 1 aliphatic rings. The van der Waals surface area contributed by atoms with Crippen molar-refractivity contribution in [2.75, 3.05) is 26.7 Å². The fourth-order valence-corrected chi connectivity index (χ4v) is 3.15. The topological polar surface area (TPSA) is 24.5 Å². The Labute approximate surface area is 120 Å². The largest absolute Gasteiger partial charge is 0.377 e. The van der Waals surface area contributed by atoms with Crippen LogP contribution in [0.25, 0.3) is 0 Å². The van der Waals surface area contributed by atoms with Gasteiger partial charge in [0.05, 0.1) is 12.7 Å². The van der Waals surface area contributed by atoms with Crippen LogP contribution in [0.3, 0.4) is 0 Å². The maximum absolute atomic E-state index is 5.68. The van der Waals surface area contributed by atoms with Gasteiger partial charge in [-0.3, -0.25) is 4.90 Å². The molecule has 1 rings (SSSR count). The predicted octanol–water partition coefficient (Wildman–Crippen LogP) is 2.90. The summed E-state index contributed by atoms with van der Waals surface area (Å²) < 4.78 is 5.68. The summed E-state index contributed by atoms with van der Waals surface area (Å²) in [6, 6.07) is 1.26. The molecule has 1 N–H and O–H groups in total. The summed E-state index contributed by atoms with van der Waals surface area (Å²) in [4.78, 5) is 2.49. The molecule has 1 fully saturated rings. The molecule has 114 valence electrons. The molecule has 1 saturated carbocycles. The van der Waals surface area contributed by atoms with E-state index in [0.29, 0.717) is 23.6 Å². The van der Waals surface area contributed by atoms with E-state index in [1.165, 1.54) is 19.3 Å². The lowest BCUT2D eigenvalue weighted by Crippen LogP contribution is -2.51. The molecule has 0 aliphatic heterocycles. The molecule has 0 aromatic carbocycles. The minimum atomic E-state index is 0.336. The van der Waals surface area contributed by atoms with Crippen molar-refractivity contribution in [3.8, 4) is 0 Å². The molecule has 0 aromatic rings. The fraction of sp³-hybridized carbons (Fsp3) is 1.00. The minimum Gasteiger partial charge on any atom is -0.377 e. The van der Waals surface area contributed by atoms with E-state index in [1.54, 1.807) is 0 Å². The van der Waals surface area contributed by atoms with Gasteiger partial charge in [0, 0.05) is 18.6 Å². The van der Waals surface area contributed by atoms with Crippen molar-refractivity contribution in [3.63, 3.8) is 0 Å². The van der Waals surface area contributed by atoms with E-state index in [0.717, 1.165) is 19.7 Å². The Morgan fingerprint density at radius 3 is 2.63 bits per heavy atom. The summed E-state index contributed by atoms with van der Waals surface area (Å²) in [7, 11) is 2.25. The van der Waals surface area contributed by atoms with Crippen molar-refractivity contribution in [2.24, 2.45) is 5.41 Å². The molecular weight excluding hydrogens is 236 g/mol. The average Bonchev–Trinajstić information content (AvgIpc) is 2.61. The van der Waals surface area contributed by atoms with Crippen molar-refractivity contribution in [1.82, 2.24) is 10.2 Å². The van der Waals surface area contributed by atoms with Crippen LogP contribution in [0.15, 0.2) is 0 Å². The summed E-state index contributed by atoms with van der Waals surface area (Å²) in [5.74, 6) is 0. The summed E-state index contributed by atoms with van der Waals surface area (Å²) in [5.41, 5.74) is 0.410. The molecule has 3 nitrogen and oxygen atoms in total. The van der Waals surface area contributed by atoms with Crippen LogP contribution in [-0.2, 0) is 4.74 Å². The quantitative estimate of drug-likeness (QED) is 0.734. The van der Waals surface area contributed by atoms with Crippen LogP contribution in [0.4, 0.5) is 0 Å². The second kappa shape index (κ2) is 7.61. The van der Waals surface area contributed by atoms with Crippen molar-refractivity contribution in [2.45, 2.75) is 72.1 Å². The molecule has 0 radical (unpaired) electrons. The van der Waals surface area contributed by atoms with E-state index in [4.69, 9.17) is 4.74 Å². The smallest absolute Gasteiger partial charge is 0.0596 e. The third kappa shape index (κ3) is 5.05. The van der Waals surface area contributed by atoms with Crippen molar-refractivity contribution in [1.29, 1.82) is 0 Å². The van der Waals surface area contributed by atoms with Gasteiger partial charge < -0.3 is 10.1 Å². The van der Waals surface area contributed by atoms with Gasteiger partial charge in [-0.15, -0.1) is 0 Å². The van der Waals surface area contributed by atoms with Gasteiger partial charge in [-0.25, -0.2) is 0 Å². The summed E-state index contributed by atoms with van der Waals surface area (Å²) in [6.45, 7) is 14.2. The maximum Gasteiger partial charge on any atom is 0.0596 e. The Bertz CT molecular complexity index is 253. The molecule has 19 heavy (non-hydrogen) atoms. The van der Waals surface area contributed by atoms with Gasteiger partial charge in [0.25, 0.3) is 0 Å². The van der Waals surface area contributed by atoms with Gasteiger partial charge in [0.15, 0.2) is 0 Å². The third-order valence-electron chi connectivity index (χ3n) is 4.39. The number of hydrogen-bond donors (Lipinski definition) is 1. The first-order chi connectivity index (χ1) is 8.88. The zero-order chi connectivity index (χ0) is 14.5. The third-order valence-corrected chi connectivity index (χ3v) is 4.39. The standard InChI is InChI=1S/C16H34N2O/c1-7-10-17-15-14(8-9-16(15,4)5)18(6)11-12-19-13(2)3/h13-15,17H,7-12H2,1-6H3. The Morgan fingerprint density at radius 2 is 2.05 bits per heavy atom. The lowest BCUT2D eigenvalue weighted by molar-refractivity contribution is 0.0510. The Hall–Kier alpha value is -0.120. The van der Waals surface area contributed by atoms with Gasteiger partial charge in [-0.1, -0.05) is 20.8 Å². The summed E-state index contributed by atoms with van der Waals surface area (Å²) in [6.07, 6.45) is 4.16. The summed E-state index contributed by atoms with van der Waals surface area (Å²) in [5, 5.41) is 3.77. The molecule has 0 amide bonds. The van der Waals surface area contributed by atoms with Gasteiger partial charge >= 0.3 is 0 Å². The number of nitrogens with one attached hydrogen (secondary N) is 1. The second-order valence-electron chi connectivity index (χ2n) is 6.93. The summed E-state index contributed by atoms with van der Waals surface area (Å²) >= 11 is 0. The number of hydrogen-bond acceptors (Lipinski definition) is 3. The van der Waals surface area contributed by atoms with Gasteiger partial charge in [-0.2, -0.15) is 0 Å². The van der Waals surface area contributed by atoms with Gasteiger partial charge in [0.2, 0.25) is 0 Å². The van der Waals surface area contributed by atoms with Crippen LogP contribution in [-0.4, -0.2) is 49.8 Å². The van der Waals surface area contributed by atoms with Crippen molar-refractivity contribution in [3.05, 3.63) is 0 Å². The molecule has 0 aromatic heterocycles. The van der Waals surface area contributed by atoms with E-state index in [2.05, 4.69) is 51.9 Å². The molecule has 1 aliphatic carbocycles. The van der Waals surface area contributed by atoms with Crippen LogP contribution in [0, 0.1) is 5.41 Å². The normalized spacial score (nSPS) is 26.5. The molecule has 2 atom stereocenters. The van der Waals surface area contributed by atoms with Crippen LogP contribution in [0.2, 0.25) is 0 Å². The molecule has 3 heteroatoms. The Morgan fingerprint density at radius 1 is 1.37 bits per heavy atom. The van der Waals surface area contributed by atoms with Crippen molar-refractivity contribution < 1.29 is 4.74 Å². The van der Waals surface area contributed by atoms with E-state index < -0.39 is 0 Å². The number of nitrogens with zero attached hydrogens (tertiary/aromatic N) is 1. The predicted molar refractivity (Wildman–Crippen MR) is 82.6 cm³/mol. The molecule has 0 saturated heterocycles. The van der Waals surface area contributed by atoms with E-state index in [1.807, 2.05) is 0 Å². The SMILES string of the molecule is CCCNC1C(N(C)CCOC(C)C)CCC1(C)C. The first-order valence-corrected chi connectivity index (χ1v) is 7.93. The van der Waals surface area contributed by atoms with Crippen LogP contribution < -0.4 is 5.32 Å². The second-order valence-corrected chi connectivity index (χ2v) is 6.93. The zero-order valence-electron chi connectivity index (χ0n) is 13.8. The van der Waals surface area contributed by atoms with Crippen molar-refractivity contribution >= 4 is 0 Å². The van der Waals surface area contributed by atoms with Crippen LogP contribution in [0.1, 0.15) is 53.9 Å². The van der Waals surface area contributed by atoms with Crippen LogP contribution >= 0.6 is 0 Å². The zero-order valence-corrected chi connectivity index (χ0v) is 13.8. The van der Waals surface area contributed by atoms with E-state index in [-0.39, 0.29) is 0 Å². The highest BCUT2D eigenvalue weighted by Crippen LogP contribution is 2.39. The van der Waals surface area contributed by atoms with E-state index >= 15 is 0 Å². The number of likely N-dealkylation sites (N-methyl/N-ethyl adjacent to an activating group) is 1. The molecule has 0 heterocycles. The molecular formula is C16H34N2O. The minimum absolute atomic E-state index is 0.336. The fourth-order valence-electron chi connectivity index (χ4n) is 3.15. The first kappa shape index (κ1) is 16.9. The average molecular weight is 270 g/mol. The number of ether oxygens (including phenoxy) is 1. The molecule has 0 bridgehead atoms. The molecule has 2 unspecified atom stereocenters. The lowest BCUT2D eigenvalue weighted by Gasteiger charge is -2.36. The van der Waals surface area contributed by atoms with Gasteiger partial charge in [-0.05, 0) is 52.1 Å². The highest BCUT2D eigenvalue weighted by molar-refractivity contribution is 5.00. The Kier molecular flexibility index (Phi) is 6.78. The highest BCUT2D eigenvalue weighted by Gasteiger charge is 2.42. The van der Waals surface area contributed by atoms with Gasteiger partial charge in [0.1, 0.15) is 0 Å². The Balaban J connectivity index is 2.49. The monoisotopic (exact) mass is 270 g/mol. The maximum atomic E-state index is 5.68. The molecule has 0 spiro atoms.